The summed E-state index contributed by atoms with van der Waals surface area (Å²) in [5, 5.41) is 3.21. The maximum Gasteiger partial charge on any atom is 0.137 e. The van der Waals surface area contributed by atoms with Gasteiger partial charge in [-0.2, -0.15) is 0 Å². The number of aromatic nitrogens is 2. The van der Waals surface area contributed by atoms with Gasteiger partial charge in [-0.05, 0) is 30.6 Å². The Morgan fingerprint density at radius 2 is 1.89 bits per heavy atom. The number of hydrogen-bond acceptors (Lipinski definition) is 4. The highest BCUT2D eigenvalue weighted by Crippen LogP contribution is 2.41. The van der Waals surface area contributed by atoms with E-state index < -0.39 is 0 Å². The van der Waals surface area contributed by atoms with Crippen LogP contribution < -0.4 is 10.2 Å². The molecule has 19 heavy (non-hydrogen) atoms. The third kappa shape index (κ3) is 2.17. The van der Waals surface area contributed by atoms with Crippen molar-refractivity contribution in [1.29, 1.82) is 0 Å². The molecule has 0 aromatic carbocycles. The van der Waals surface area contributed by atoms with E-state index in [-0.39, 0.29) is 0 Å². The average Bonchev–Trinajstić information content (AvgIpc) is 2.98. The molecule has 1 aliphatic heterocycles. The molecule has 2 unspecified atom stereocenters. The molecular weight excluding hydrogens is 236 g/mol. The topological polar surface area (TPSA) is 41.1 Å². The molecule has 0 bridgehead atoms. The van der Waals surface area contributed by atoms with Crippen LogP contribution >= 0.6 is 0 Å². The number of nitrogens with one attached hydrogen (secondary N) is 1. The third-order valence-corrected chi connectivity index (χ3v) is 4.70. The number of anilines is 2. The average molecular weight is 260 g/mol. The lowest BCUT2D eigenvalue weighted by Crippen LogP contribution is -2.24. The number of hydrogen-bond donors (Lipinski definition) is 1. The summed E-state index contributed by atoms with van der Waals surface area (Å²) in [5.41, 5.74) is 1.27. The van der Waals surface area contributed by atoms with Crippen LogP contribution in [0.1, 0.15) is 44.6 Å². The van der Waals surface area contributed by atoms with Crippen LogP contribution in [0, 0.1) is 11.8 Å². The fourth-order valence-electron chi connectivity index (χ4n) is 3.78. The molecule has 4 heteroatoms. The Morgan fingerprint density at radius 3 is 2.47 bits per heavy atom. The highest BCUT2D eigenvalue weighted by molar-refractivity contribution is 5.60. The molecule has 0 amide bonds. The van der Waals surface area contributed by atoms with E-state index in [0.717, 1.165) is 23.5 Å². The zero-order valence-electron chi connectivity index (χ0n) is 12.2. The maximum absolute atomic E-state index is 4.59. The molecule has 2 aliphatic rings. The molecule has 1 aliphatic carbocycles. The fourth-order valence-corrected chi connectivity index (χ4v) is 3.78. The Balaban J connectivity index is 1.92. The summed E-state index contributed by atoms with van der Waals surface area (Å²) in [5.74, 6) is 4.38. The summed E-state index contributed by atoms with van der Waals surface area (Å²) in [6.45, 7) is 6.81. The molecule has 3 rings (SSSR count). The molecule has 1 saturated carbocycles. The van der Waals surface area contributed by atoms with E-state index >= 15 is 0 Å². The highest BCUT2D eigenvalue weighted by Gasteiger charge is 2.37. The van der Waals surface area contributed by atoms with Gasteiger partial charge in [0.25, 0.3) is 0 Å². The molecule has 2 fully saturated rings. The molecule has 1 saturated heterocycles. The Labute approximate surface area is 115 Å². The van der Waals surface area contributed by atoms with Crippen LogP contribution in [0.25, 0.3) is 0 Å². The monoisotopic (exact) mass is 260 g/mol. The minimum atomic E-state index is 0.444. The van der Waals surface area contributed by atoms with E-state index in [2.05, 4.69) is 34.0 Å². The predicted molar refractivity (Wildman–Crippen MR) is 78.7 cm³/mol. The molecule has 104 valence electrons. The lowest BCUT2D eigenvalue weighted by molar-refractivity contribution is 0.494. The first-order chi connectivity index (χ1) is 9.20. The summed E-state index contributed by atoms with van der Waals surface area (Å²) >= 11 is 0. The lowest BCUT2D eigenvalue weighted by Gasteiger charge is -2.24. The van der Waals surface area contributed by atoms with Gasteiger partial charge in [-0.15, -0.1) is 0 Å². The molecule has 0 radical (unpaired) electrons. The quantitative estimate of drug-likeness (QED) is 0.907. The van der Waals surface area contributed by atoms with Gasteiger partial charge >= 0.3 is 0 Å². The molecule has 2 heterocycles. The second-order valence-electron chi connectivity index (χ2n) is 6.22. The molecule has 1 aromatic rings. The van der Waals surface area contributed by atoms with Crippen molar-refractivity contribution in [1.82, 2.24) is 9.97 Å². The first-order valence-corrected chi connectivity index (χ1v) is 7.48. The van der Waals surface area contributed by atoms with Crippen molar-refractivity contribution in [3.8, 4) is 0 Å². The minimum Gasteiger partial charge on any atom is -0.373 e. The Hall–Kier alpha value is -1.32. The zero-order valence-corrected chi connectivity index (χ0v) is 12.2. The minimum absolute atomic E-state index is 0.444. The van der Waals surface area contributed by atoms with Gasteiger partial charge in [0.05, 0.1) is 0 Å². The number of nitrogens with zero attached hydrogens (tertiary/aromatic N) is 3. The second-order valence-corrected chi connectivity index (χ2v) is 6.22. The van der Waals surface area contributed by atoms with E-state index in [0.29, 0.717) is 5.92 Å². The van der Waals surface area contributed by atoms with Crippen molar-refractivity contribution in [3.05, 3.63) is 11.9 Å². The Bertz CT molecular complexity index is 445. The van der Waals surface area contributed by atoms with E-state index in [1.165, 1.54) is 37.9 Å². The van der Waals surface area contributed by atoms with Crippen molar-refractivity contribution >= 4 is 11.6 Å². The van der Waals surface area contributed by atoms with Crippen molar-refractivity contribution in [2.75, 3.05) is 30.4 Å². The molecule has 4 nitrogen and oxygen atoms in total. The van der Waals surface area contributed by atoms with E-state index in [9.17, 15) is 0 Å². The van der Waals surface area contributed by atoms with Crippen LogP contribution in [0.3, 0.4) is 0 Å². The summed E-state index contributed by atoms with van der Waals surface area (Å²) in [7, 11) is 1.94. The molecule has 1 aromatic heterocycles. The van der Waals surface area contributed by atoms with Gasteiger partial charge in [-0.1, -0.05) is 20.3 Å². The highest BCUT2D eigenvalue weighted by atomic mass is 15.2. The van der Waals surface area contributed by atoms with Crippen LogP contribution in [0.5, 0.6) is 0 Å². The van der Waals surface area contributed by atoms with Crippen molar-refractivity contribution in [2.24, 2.45) is 11.8 Å². The normalized spacial score (nSPS) is 26.0. The second kappa shape index (κ2) is 4.99. The largest absolute Gasteiger partial charge is 0.373 e. The fraction of sp³-hybridized carbons (Fsp3) is 0.733. The van der Waals surface area contributed by atoms with Crippen LogP contribution in [0.15, 0.2) is 6.33 Å². The van der Waals surface area contributed by atoms with Gasteiger partial charge < -0.3 is 10.2 Å². The van der Waals surface area contributed by atoms with Crippen LogP contribution in [0.2, 0.25) is 0 Å². The van der Waals surface area contributed by atoms with Gasteiger partial charge in [0.1, 0.15) is 18.0 Å². The van der Waals surface area contributed by atoms with E-state index in [1.54, 1.807) is 6.33 Å². The van der Waals surface area contributed by atoms with Crippen molar-refractivity contribution in [2.45, 2.75) is 39.0 Å². The molecule has 1 N–H and O–H groups in total. The van der Waals surface area contributed by atoms with Gasteiger partial charge in [-0.25, -0.2) is 9.97 Å². The zero-order chi connectivity index (χ0) is 13.4. The Kier molecular flexibility index (Phi) is 3.33. The summed E-state index contributed by atoms with van der Waals surface area (Å²) in [6, 6.07) is 0. The van der Waals surface area contributed by atoms with Gasteiger partial charge in [0.15, 0.2) is 0 Å². The van der Waals surface area contributed by atoms with Crippen LogP contribution in [0.4, 0.5) is 11.6 Å². The standard InChI is InChI=1S/C15H24N4/c1-10(2)13-14(16-3)17-9-18-15(13)19-7-11-5-4-6-12(11)8-19/h9-12H,4-8H2,1-3H3,(H,16,17,18). The lowest BCUT2D eigenvalue weighted by atomic mass is 10.0. The number of fused-ring (bicyclic) bond motifs is 1. The maximum atomic E-state index is 4.59. The molecule has 2 atom stereocenters. The van der Waals surface area contributed by atoms with Gasteiger partial charge in [0.2, 0.25) is 0 Å². The summed E-state index contributed by atoms with van der Waals surface area (Å²) in [4.78, 5) is 11.5. The van der Waals surface area contributed by atoms with Gasteiger partial charge in [0, 0.05) is 25.7 Å². The first kappa shape index (κ1) is 12.7. The van der Waals surface area contributed by atoms with Crippen LogP contribution in [-0.4, -0.2) is 30.1 Å². The van der Waals surface area contributed by atoms with Crippen molar-refractivity contribution in [3.63, 3.8) is 0 Å². The molecule has 0 spiro atoms. The Morgan fingerprint density at radius 1 is 1.21 bits per heavy atom. The SMILES string of the molecule is CNc1ncnc(N2CC3CCCC3C2)c1C(C)C. The summed E-state index contributed by atoms with van der Waals surface area (Å²) < 4.78 is 0. The first-order valence-electron chi connectivity index (χ1n) is 7.48. The van der Waals surface area contributed by atoms with E-state index in [4.69, 9.17) is 0 Å². The molecular formula is C15H24N4. The van der Waals surface area contributed by atoms with Gasteiger partial charge in [-0.3, -0.25) is 0 Å². The van der Waals surface area contributed by atoms with Crippen LogP contribution in [-0.2, 0) is 0 Å². The summed E-state index contributed by atoms with van der Waals surface area (Å²) in [6.07, 6.45) is 5.93. The third-order valence-electron chi connectivity index (χ3n) is 4.70. The van der Waals surface area contributed by atoms with E-state index in [1.807, 2.05) is 7.05 Å². The smallest absolute Gasteiger partial charge is 0.137 e. The number of rotatable bonds is 3. The predicted octanol–water partition coefficient (Wildman–Crippen LogP) is 2.88. The van der Waals surface area contributed by atoms with Crippen molar-refractivity contribution < 1.29 is 0 Å².